The third-order valence-corrected chi connectivity index (χ3v) is 7.18. The molecule has 2 aromatic carbocycles. The largest absolute Gasteiger partial charge is 0.416 e. The molecule has 184 valence electrons. The van der Waals surface area contributed by atoms with Crippen molar-refractivity contribution in [3.8, 4) is 0 Å². The molecule has 1 aliphatic carbocycles. The van der Waals surface area contributed by atoms with Crippen LogP contribution >= 0.6 is 0 Å². The molecule has 4 rings (SSSR count). The van der Waals surface area contributed by atoms with Gasteiger partial charge in [-0.1, -0.05) is 30.3 Å². The molecule has 1 saturated carbocycles. The van der Waals surface area contributed by atoms with Gasteiger partial charge in [0, 0.05) is 19.0 Å². The normalized spacial score (nSPS) is 25.1. The average Bonchev–Trinajstić information content (AvgIpc) is 3.40. The Labute approximate surface area is 192 Å². The maximum atomic E-state index is 13.5. The van der Waals surface area contributed by atoms with Crippen molar-refractivity contribution in [2.24, 2.45) is 11.3 Å². The lowest BCUT2D eigenvalue weighted by Gasteiger charge is -2.37. The summed E-state index contributed by atoms with van der Waals surface area (Å²) in [6.07, 6.45) is -9.20. The predicted molar refractivity (Wildman–Crippen MR) is 112 cm³/mol. The summed E-state index contributed by atoms with van der Waals surface area (Å²) in [6, 6.07) is 8.48. The number of rotatable bonds is 4. The second kappa shape index (κ2) is 8.18. The summed E-state index contributed by atoms with van der Waals surface area (Å²) in [5.74, 6) is 0.0840. The van der Waals surface area contributed by atoms with Gasteiger partial charge >= 0.3 is 18.4 Å². The van der Waals surface area contributed by atoms with Crippen LogP contribution < -0.4 is 0 Å². The van der Waals surface area contributed by atoms with Crippen LogP contribution in [0.1, 0.15) is 47.7 Å². The number of nitrogens with zero attached hydrogens (tertiary/aromatic N) is 2. The van der Waals surface area contributed by atoms with E-state index in [2.05, 4.69) is 0 Å². The number of fused-ring (bicyclic) bond motifs is 1. The second-order valence-corrected chi connectivity index (χ2v) is 9.17. The Morgan fingerprint density at radius 1 is 1.09 bits per heavy atom. The van der Waals surface area contributed by atoms with Crippen molar-refractivity contribution in [3.05, 3.63) is 70.8 Å². The Kier molecular flexibility index (Phi) is 5.86. The molecule has 1 heterocycles. The summed E-state index contributed by atoms with van der Waals surface area (Å²) in [7, 11) is 1.36. The summed E-state index contributed by atoms with van der Waals surface area (Å²) in [6.45, 7) is 1.62. The molecule has 4 nitrogen and oxygen atoms in total. The maximum absolute atomic E-state index is 13.5. The van der Waals surface area contributed by atoms with Gasteiger partial charge in [0.1, 0.15) is 0 Å². The van der Waals surface area contributed by atoms with E-state index in [0.29, 0.717) is 18.7 Å². The van der Waals surface area contributed by atoms with E-state index in [1.807, 2.05) is 30.3 Å². The number of hydrogen-bond acceptors (Lipinski definition) is 2. The van der Waals surface area contributed by atoms with Crippen LogP contribution in [0.2, 0.25) is 0 Å². The Morgan fingerprint density at radius 2 is 1.65 bits per heavy atom. The number of aliphatic hydroxyl groups excluding tert-OH is 1. The van der Waals surface area contributed by atoms with E-state index < -0.39 is 47.0 Å². The van der Waals surface area contributed by atoms with E-state index >= 15 is 0 Å². The molecule has 34 heavy (non-hydrogen) atoms. The molecule has 0 spiro atoms. The molecule has 2 fully saturated rings. The number of carbonyl (C=O) groups is 1. The monoisotopic (exact) mass is 486 g/mol. The zero-order valence-electron chi connectivity index (χ0n) is 18.5. The molecule has 2 aliphatic rings. The fraction of sp³-hybridized carbons (Fsp3) is 0.458. The molecular formula is C24H24F6N2O2. The summed E-state index contributed by atoms with van der Waals surface area (Å²) in [4.78, 5) is 16.2. The first-order chi connectivity index (χ1) is 15.8. The van der Waals surface area contributed by atoms with Crippen molar-refractivity contribution < 1.29 is 36.2 Å². The Balaban J connectivity index is 1.66. The van der Waals surface area contributed by atoms with Crippen molar-refractivity contribution >= 4 is 6.03 Å². The molecule has 2 aromatic rings. The second-order valence-electron chi connectivity index (χ2n) is 9.17. The summed E-state index contributed by atoms with van der Waals surface area (Å²) in [5.41, 5.74) is -2.77. The lowest BCUT2D eigenvalue weighted by atomic mass is 9.90. The van der Waals surface area contributed by atoms with Gasteiger partial charge < -0.3 is 14.9 Å². The molecule has 1 N–H and O–H groups in total. The standard InChI is InChI=1S/C24H24F6N2O2/c1-14(16-8-17(23(25,26)27)10-18(9-16)24(28,29)30)31(2)21(34)32-12-19-11-22(19,13-33)20(32)15-6-4-3-5-7-15/h3-10,14,19-20,33H,11-13H2,1-2H3/t14-,19?,20+,22+/m1/s1. The predicted octanol–water partition coefficient (Wildman–Crippen LogP) is 5.89. The maximum Gasteiger partial charge on any atom is 0.416 e. The van der Waals surface area contributed by atoms with Crippen LogP contribution in [0.4, 0.5) is 31.1 Å². The number of carbonyl (C=O) groups excluding carboxylic acids is 1. The van der Waals surface area contributed by atoms with Crippen LogP contribution in [0, 0.1) is 11.3 Å². The topological polar surface area (TPSA) is 43.8 Å². The van der Waals surface area contributed by atoms with Gasteiger partial charge in [-0.3, -0.25) is 0 Å². The number of aliphatic hydroxyl groups is 1. The van der Waals surface area contributed by atoms with E-state index in [9.17, 15) is 36.2 Å². The minimum Gasteiger partial charge on any atom is -0.396 e. The van der Waals surface area contributed by atoms with E-state index in [1.165, 1.54) is 14.0 Å². The lowest BCUT2D eigenvalue weighted by Crippen LogP contribution is -2.44. The van der Waals surface area contributed by atoms with Gasteiger partial charge in [-0.25, -0.2) is 4.79 Å². The minimum absolute atomic E-state index is 0.0719. The zero-order valence-corrected chi connectivity index (χ0v) is 18.5. The van der Waals surface area contributed by atoms with Crippen molar-refractivity contribution in [1.29, 1.82) is 0 Å². The number of likely N-dealkylation sites (tertiary alicyclic amines) is 1. The highest BCUT2D eigenvalue weighted by Crippen LogP contribution is 2.67. The molecule has 1 unspecified atom stereocenters. The number of benzene rings is 2. The summed E-state index contributed by atoms with van der Waals surface area (Å²) < 4.78 is 79.8. The highest BCUT2D eigenvalue weighted by molar-refractivity contribution is 5.76. The van der Waals surface area contributed by atoms with Gasteiger partial charge in [0.2, 0.25) is 0 Å². The van der Waals surface area contributed by atoms with Crippen molar-refractivity contribution in [3.63, 3.8) is 0 Å². The van der Waals surface area contributed by atoms with Gasteiger partial charge in [0.05, 0.1) is 29.8 Å². The van der Waals surface area contributed by atoms with Crippen LogP contribution in [0.5, 0.6) is 0 Å². The molecule has 0 aromatic heterocycles. The molecule has 2 amide bonds. The average molecular weight is 486 g/mol. The fourth-order valence-corrected chi connectivity index (χ4v) is 5.06. The number of amides is 2. The molecular weight excluding hydrogens is 462 g/mol. The molecule has 0 bridgehead atoms. The van der Waals surface area contributed by atoms with Gasteiger partial charge in [-0.05, 0) is 48.6 Å². The molecule has 1 saturated heterocycles. The minimum atomic E-state index is -4.97. The van der Waals surface area contributed by atoms with Crippen molar-refractivity contribution in [2.45, 2.75) is 37.8 Å². The van der Waals surface area contributed by atoms with Crippen LogP contribution in [-0.2, 0) is 12.4 Å². The van der Waals surface area contributed by atoms with Crippen LogP contribution in [-0.4, -0.2) is 41.1 Å². The van der Waals surface area contributed by atoms with Crippen molar-refractivity contribution in [1.82, 2.24) is 9.80 Å². The van der Waals surface area contributed by atoms with Gasteiger partial charge in [0.25, 0.3) is 0 Å². The summed E-state index contributed by atoms with van der Waals surface area (Å²) >= 11 is 0. The molecule has 10 heteroatoms. The SMILES string of the molecule is C[C@H](c1cc(C(F)(F)F)cc(C(F)(F)F)c1)N(C)C(=O)N1CC2C[C@@]2(CO)[C@@H]1c1ccccc1. The number of piperidine rings is 1. The first-order valence-corrected chi connectivity index (χ1v) is 10.8. The number of urea groups is 1. The Hall–Kier alpha value is -2.75. The highest BCUT2D eigenvalue weighted by Gasteiger charge is 2.67. The molecule has 4 atom stereocenters. The van der Waals surface area contributed by atoms with E-state index in [-0.39, 0.29) is 24.2 Å². The highest BCUT2D eigenvalue weighted by atomic mass is 19.4. The third-order valence-electron chi connectivity index (χ3n) is 7.18. The van der Waals surface area contributed by atoms with E-state index in [1.54, 1.807) is 4.90 Å². The van der Waals surface area contributed by atoms with Gasteiger partial charge in [0.15, 0.2) is 0 Å². The van der Waals surface area contributed by atoms with E-state index in [0.717, 1.165) is 16.9 Å². The first kappa shape index (κ1) is 24.4. The van der Waals surface area contributed by atoms with Gasteiger partial charge in [-0.15, -0.1) is 0 Å². The number of hydrogen-bond donors (Lipinski definition) is 1. The Morgan fingerprint density at radius 3 is 2.15 bits per heavy atom. The fourth-order valence-electron chi connectivity index (χ4n) is 5.06. The van der Waals surface area contributed by atoms with E-state index in [4.69, 9.17) is 0 Å². The Bertz CT molecular complexity index is 1040. The zero-order chi connectivity index (χ0) is 25.1. The smallest absolute Gasteiger partial charge is 0.396 e. The first-order valence-electron chi connectivity index (χ1n) is 10.8. The number of alkyl halides is 6. The van der Waals surface area contributed by atoms with Gasteiger partial charge in [-0.2, -0.15) is 26.3 Å². The van der Waals surface area contributed by atoms with Crippen LogP contribution in [0.25, 0.3) is 0 Å². The quantitative estimate of drug-likeness (QED) is 0.548. The molecule has 0 radical (unpaired) electrons. The number of halogens is 6. The molecule has 1 aliphatic heterocycles. The van der Waals surface area contributed by atoms with Crippen LogP contribution in [0.15, 0.2) is 48.5 Å². The summed E-state index contributed by atoms with van der Waals surface area (Å²) in [5, 5.41) is 10.1. The third kappa shape index (κ3) is 4.12. The van der Waals surface area contributed by atoms with Crippen molar-refractivity contribution in [2.75, 3.05) is 20.2 Å². The lowest BCUT2D eigenvalue weighted by molar-refractivity contribution is -0.143. The van der Waals surface area contributed by atoms with Crippen LogP contribution in [0.3, 0.4) is 0 Å².